The second kappa shape index (κ2) is 7.87. The third-order valence-corrected chi connectivity index (χ3v) is 3.24. The van der Waals surface area contributed by atoms with E-state index in [0.717, 1.165) is 24.0 Å². The number of rotatable bonds is 6. The zero-order chi connectivity index (χ0) is 15.9. The van der Waals surface area contributed by atoms with E-state index in [4.69, 9.17) is 0 Å². The van der Waals surface area contributed by atoms with Crippen molar-refractivity contribution >= 4 is 23.6 Å². The van der Waals surface area contributed by atoms with Crippen LogP contribution in [0.4, 0.5) is 13.2 Å². The normalized spacial score (nSPS) is 11.0. The number of ether oxygens (including phenoxy) is 1. The molecule has 1 aromatic heterocycles. The van der Waals surface area contributed by atoms with Crippen molar-refractivity contribution in [2.75, 3.05) is 19.4 Å². The highest BCUT2D eigenvalue weighted by Crippen LogP contribution is 2.29. The highest BCUT2D eigenvalue weighted by molar-refractivity contribution is 7.99. The van der Waals surface area contributed by atoms with Crippen LogP contribution in [0.3, 0.4) is 0 Å². The van der Waals surface area contributed by atoms with Gasteiger partial charge in [-0.25, -0.2) is 4.98 Å². The first kappa shape index (κ1) is 17.3. The molecule has 0 aliphatic rings. The molecule has 0 aliphatic carbocycles. The smallest absolute Gasteiger partial charge is 0.417 e. The summed E-state index contributed by atoms with van der Waals surface area (Å²) in [4.78, 5) is 25.9. The fraction of sp³-hybridized carbons (Fsp3) is 0.417. The van der Waals surface area contributed by atoms with Crippen molar-refractivity contribution in [1.82, 2.24) is 10.3 Å². The standard InChI is InChI=1S/C12H13F3N2O3S/c1-20-11(19)4-5-16-9(18)7-21-10-3-2-8(6-17-10)12(13,14)15/h2-3,6H,4-5,7H2,1H3,(H,16,18). The second-order valence-electron chi connectivity index (χ2n) is 3.85. The Bertz CT molecular complexity index is 492. The first-order valence-corrected chi connectivity index (χ1v) is 6.81. The Morgan fingerprint density at radius 1 is 1.38 bits per heavy atom. The minimum Gasteiger partial charge on any atom is -0.469 e. The number of carbonyl (C=O) groups excluding carboxylic acids is 2. The summed E-state index contributed by atoms with van der Waals surface area (Å²) in [7, 11) is 1.25. The molecule has 0 spiro atoms. The lowest BCUT2D eigenvalue weighted by atomic mass is 10.3. The lowest BCUT2D eigenvalue weighted by Crippen LogP contribution is -2.27. The quantitative estimate of drug-likeness (QED) is 0.640. The summed E-state index contributed by atoms with van der Waals surface area (Å²) in [5.74, 6) is -0.780. The largest absolute Gasteiger partial charge is 0.469 e. The van der Waals surface area contributed by atoms with Crippen LogP contribution in [0.15, 0.2) is 23.4 Å². The molecule has 5 nitrogen and oxygen atoms in total. The number of alkyl halides is 3. The predicted octanol–water partition coefficient (Wildman–Crippen LogP) is 1.87. The molecule has 1 N–H and O–H groups in total. The highest BCUT2D eigenvalue weighted by Gasteiger charge is 2.30. The molecule has 1 heterocycles. The number of amides is 1. The lowest BCUT2D eigenvalue weighted by Gasteiger charge is -2.07. The summed E-state index contributed by atoms with van der Waals surface area (Å²) in [5, 5.41) is 2.80. The molecule has 0 fully saturated rings. The summed E-state index contributed by atoms with van der Waals surface area (Å²) in [5.41, 5.74) is -0.839. The van der Waals surface area contributed by atoms with Gasteiger partial charge in [-0.2, -0.15) is 13.2 Å². The minimum atomic E-state index is -4.43. The van der Waals surface area contributed by atoms with Gasteiger partial charge in [-0.3, -0.25) is 9.59 Å². The Morgan fingerprint density at radius 3 is 2.62 bits per heavy atom. The van der Waals surface area contributed by atoms with Crippen LogP contribution in [0.5, 0.6) is 0 Å². The summed E-state index contributed by atoms with van der Waals surface area (Å²) in [6.45, 7) is 0.145. The number of carbonyl (C=O) groups is 2. The molecule has 9 heteroatoms. The van der Waals surface area contributed by atoms with E-state index >= 15 is 0 Å². The monoisotopic (exact) mass is 322 g/mol. The second-order valence-corrected chi connectivity index (χ2v) is 4.84. The van der Waals surface area contributed by atoms with Crippen molar-refractivity contribution in [2.24, 2.45) is 0 Å². The maximum absolute atomic E-state index is 12.3. The molecule has 21 heavy (non-hydrogen) atoms. The number of pyridine rings is 1. The molecule has 116 valence electrons. The van der Waals surface area contributed by atoms with E-state index in [1.807, 2.05) is 0 Å². The molecule has 1 rings (SSSR count). The Labute approximate surface area is 123 Å². The van der Waals surface area contributed by atoms with Gasteiger partial charge < -0.3 is 10.1 Å². The van der Waals surface area contributed by atoms with Crippen molar-refractivity contribution in [3.8, 4) is 0 Å². The predicted molar refractivity (Wildman–Crippen MR) is 69.6 cm³/mol. The van der Waals surface area contributed by atoms with Gasteiger partial charge in [0.2, 0.25) is 5.91 Å². The Balaban J connectivity index is 2.35. The van der Waals surface area contributed by atoms with E-state index in [1.165, 1.54) is 13.2 Å². The van der Waals surface area contributed by atoms with Crippen LogP contribution >= 0.6 is 11.8 Å². The van der Waals surface area contributed by atoms with E-state index in [0.29, 0.717) is 5.03 Å². The van der Waals surface area contributed by atoms with Crippen LogP contribution < -0.4 is 5.32 Å². The van der Waals surface area contributed by atoms with Crippen molar-refractivity contribution in [1.29, 1.82) is 0 Å². The van der Waals surface area contributed by atoms with E-state index in [-0.39, 0.29) is 24.6 Å². The van der Waals surface area contributed by atoms with Crippen LogP contribution in [-0.4, -0.2) is 36.3 Å². The van der Waals surface area contributed by atoms with Gasteiger partial charge in [-0.05, 0) is 12.1 Å². The summed E-state index contributed by atoms with van der Waals surface area (Å²) >= 11 is 1.01. The van der Waals surface area contributed by atoms with Gasteiger partial charge in [0.25, 0.3) is 0 Å². The molecule has 0 aliphatic heterocycles. The molecule has 0 saturated heterocycles. The summed E-state index contributed by atoms with van der Waals surface area (Å²) in [6, 6.07) is 2.11. The van der Waals surface area contributed by atoms with Crippen molar-refractivity contribution in [2.45, 2.75) is 17.6 Å². The summed E-state index contributed by atoms with van der Waals surface area (Å²) < 4.78 is 41.4. The fourth-order valence-corrected chi connectivity index (χ4v) is 1.90. The molecule has 1 aromatic rings. The zero-order valence-electron chi connectivity index (χ0n) is 11.1. The number of aromatic nitrogens is 1. The van der Waals surface area contributed by atoms with Crippen LogP contribution in [-0.2, 0) is 20.5 Å². The molecule has 0 bridgehead atoms. The molecular weight excluding hydrogens is 309 g/mol. The molecule has 0 atom stereocenters. The third kappa shape index (κ3) is 6.48. The van der Waals surface area contributed by atoms with Crippen LogP contribution in [0.2, 0.25) is 0 Å². The van der Waals surface area contributed by atoms with Crippen LogP contribution in [0.25, 0.3) is 0 Å². The van der Waals surface area contributed by atoms with Gasteiger partial charge >= 0.3 is 12.1 Å². The van der Waals surface area contributed by atoms with Crippen molar-refractivity contribution in [3.63, 3.8) is 0 Å². The first-order valence-electron chi connectivity index (χ1n) is 5.82. The maximum atomic E-state index is 12.3. The van der Waals surface area contributed by atoms with E-state index in [1.54, 1.807) is 0 Å². The van der Waals surface area contributed by atoms with Gasteiger partial charge in [-0.15, -0.1) is 0 Å². The van der Waals surface area contributed by atoms with E-state index in [9.17, 15) is 22.8 Å². The maximum Gasteiger partial charge on any atom is 0.417 e. The Hall–Kier alpha value is -1.77. The molecule has 0 unspecified atom stereocenters. The third-order valence-electron chi connectivity index (χ3n) is 2.29. The van der Waals surface area contributed by atoms with Crippen LogP contribution in [0.1, 0.15) is 12.0 Å². The van der Waals surface area contributed by atoms with Crippen molar-refractivity contribution < 1.29 is 27.5 Å². The molecule has 0 aromatic carbocycles. The number of esters is 1. The first-order chi connectivity index (χ1) is 9.82. The van der Waals surface area contributed by atoms with Crippen molar-refractivity contribution in [3.05, 3.63) is 23.9 Å². The minimum absolute atomic E-state index is 0.000459. The number of halogens is 3. The van der Waals surface area contributed by atoms with Gasteiger partial charge in [0, 0.05) is 12.7 Å². The number of thioether (sulfide) groups is 1. The van der Waals surface area contributed by atoms with E-state index < -0.39 is 17.7 Å². The van der Waals surface area contributed by atoms with Gasteiger partial charge in [-0.1, -0.05) is 11.8 Å². The van der Waals surface area contributed by atoms with E-state index in [2.05, 4.69) is 15.0 Å². The molecule has 0 saturated carbocycles. The highest BCUT2D eigenvalue weighted by atomic mass is 32.2. The number of hydrogen-bond acceptors (Lipinski definition) is 5. The molecular formula is C12H13F3N2O3S. The lowest BCUT2D eigenvalue weighted by molar-refractivity contribution is -0.140. The van der Waals surface area contributed by atoms with Crippen LogP contribution in [0, 0.1) is 0 Å². The topological polar surface area (TPSA) is 68.3 Å². The number of methoxy groups -OCH3 is 1. The fourth-order valence-electron chi connectivity index (χ4n) is 1.23. The SMILES string of the molecule is COC(=O)CCNC(=O)CSc1ccc(C(F)(F)F)cn1. The van der Waals surface area contributed by atoms with Gasteiger partial charge in [0.15, 0.2) is 0 Å². The molecule has 1 amide bonds. The Kier molecular flexibility index (Phi) is 6.47. The number of hydrogen-bond donors (Lipinski definition) is 1. The summed E-state index contributed by atoms with van der Waals surface area (Å²) in [6.07, 6.45) is -3.65. The average molecular weight is 322 g/mol. The molecule has 0 radical (unpaired) electrons. The zero-order valence-corrected chi connectivity index (χ0v) is 11.9. The van der Waals surface area contributed by atoms with Gasteiger partial charge in [0.05, 0.1) is 29.9 Å². The average Bonchev–Trinajstić information content (AvgIpc) is 2.44. The Morgan fingerprint density at radius 2 is 2.10 bits per heavy atom. The number of nitrogens with zero attached hydrogens (tertiary/aromatic N) is 1. The van der Waals surface area contributed by atoms with Gasteiger partial charge in [0.1, 0.15) is 0 Å². The number of nitrogens with one attached hydrogen (secondary N) is 1.